The van der Waals surface area contributed by atoms with Gasteiger partial charge in [-0.15, -0.1) is 0 Å². The Morgan fingerprint density at radius 1 is 1.09 bits per heavy atom. The Morgan fingerprint density at radius 3 is 2.50 bits per heavy atom. The molecule has 32 heavy (non-hydrogen) atoms. The number of amides is 1. The quantitative estimate of drug-likeness (QED) is 0.613. The highest BCUT2D eigenvalue weighted by Crippen LogP contribution is 2.38. The van der Waals surface area contributed by atoms with Gasteiger partial charge in [0.15, 0.2) is 6.10 Å². The van der Waals surface area contributed by atoms with Crippen molar-refractivity contribution in [3.05, 3.63) is 53.6 Å². The van der Waals surface area contributed by atoms with Crippen LogP contribution in [-0.4, -0.2) is 44.5 Å². The van der Waals surface area contributed by atoms with Crippen molar-refractivity contribution in [2.45, 2.75) is 55.8 Å². The third-order valence-electron chi connectivity index (χ3n) is 5.94. The van der Waals surface area contributed by atoms with Crippen LogP contribution in [0, 0.1) is 13.8 Å². The zero-order valence-corrected chi connectivity index (χ0v) is 20.2. The average molecular weight is 475 g/mol. The van der Waals surface area contributed by atoms with Gasteiger partial charge >= 0.3 is 0 Å². The van der Waals surface area contributed by atoms with Crippen LogP contribution in [0.3, 0.4) is 0 Å². The van der Waals surface area contributed by atoms with Gasteiger partial charge in [-0.05, 0) is 56.5 Å². The molecule has 1 amide bonds. The second kappa shape index (κ2) is 9.75. The summed E-state index contributed by atoms with van der Waals surface area (Å²) in [5.74, 6) is 0.968. The number of aryl methyl sites for hydroxylation is 2. The van der Waals surface area contributed by atoms with Gasteiger partial charge in [0.2, 0.25) is 0 Å². The first-order valence-electron chi connectivity index (χ1n) is 11.1. The molecule has 2 aromatic carbocycles. The average Bonchev–Trinajstić information content (AvgIpc) is 3.29. The van der Waals surface area contributed by atoms with Gasteiger partial charge in [-0.1, -0.05) is 36.6 Å². The highest BCUT2D eigenvalue weighted by Gasteiger charge is 2.37. The number of hydrogen-bond acceptors (Lipinski definition) is 5. The summed E-state index contributed by atoms with van der Waals surface area (Å²) in [6.07, 6.45) is 4.20. The van der Waals surface area contributed by atoms with E-state index in [1.165, 1.54) is 30.0 Å². The first-order chi connectivity index (χ1) is 15.3. The molecule has 4 rings (SSSR count). The summed E-state index contributed by atoms with van der Waals surface area (Å²) in [5, 5.41) is 3.63. The molecule has 0 bridgehead atoms. The van der Waals surface area contributed by atoms with E-state index >= 15 is 0 Å². The number of hydrogen-bond donors (Lipinski definition) is 1. The monoisotopic (exact) mass is 474 g/mol. The molecule has 1 atom stereocenters. The van der Waals surface area contributed by atoms with Crippen molar-refractivity contribution in [3.8, 4) is 5.75 Å². The second-order valence-corrected chi connectivity index (χ2v) is 11.8. The number of ether oxygens (including phenoxy) is 1. The fourth-order valence-electron chi connectivity index (χ4n) is 4.13. The Bertz CT molecular complexity index is 1060. The number of carbonyl (C=O) groups excluding carboxylic acids is 1. The SMILES string of the molecule is Cc1ccc(S(=O)(=O)N2C[C@@H](C(=O)NCCSC3CCCC3)Oc3ccc(C)cc32)cc1. The third-order valence-corrected chi connectivity index (χ3v) is 9.12. The van der Waals surface area contributed by atoms with Crippen LogP contribution in [-0.2, 0) is 14.8 Å². The lowest BCUT2D eigenvalue weighted by atomic mass is 10.1. The van der Waals surface area contributed by atoms with Gasteiger partial charge in [-0.3, -0.25) is 9.10 Å². The summed E-state index contributed by atoms with van der Waals surface area (Å²) in [5.41, 5.74) is 2.37. The lowest BCUT2D eigenvalue weighted by Gasteiger charge is -2.35. The maximum atomic E-state index is 13.5. The third kappa shape index (κ3) is 5.07. The van der Waals surface area contributed by atoms with Crippen molar-refractivity contribution in [2.24, 2.45) is 0 Å². The fraction of sp³-hybridized carbons (Fsp3) is 0.458. The smallest absolute Gasteiger partial charge is 0.264 e. The number of fused-ring (bicyclic) bond motifs is 1. The Hall–Kier alpha value is -2.19. The molecule has 0 saturated heterocycles. The van der Waals surface area contributed by atoms with Crippen molar-refractivity contribution < 1.29 is 17.9 Å². The number of anilines is 1. The molecule has 0 unspecified atom stereocenters. The van der Waals surface area contributed by atoms with E-state index in [4.69, 9.17) is 4.74 Å². The molecule has 1 aliphatic carbocycles. The van der Waals surface area contributed by atoms with Gasteiger partial charge in [-0.25, -0.2) is 8.42 Å². The van der Waals surface area contributed by atoms with Crippen LogP contribution < -0.4 is 14.4 Å². The lowest BCUT2D eigenvalue weighted by Crippen LogP contribution is -2.51. The summed E-state index contributed by atoms with van der Waals surface area (Å²) in [6.45, 7) is 4.30. The van der Waals surface area contributed by atoms with Crippen molar-refractivity contribution >= 4 is 33.4 Å². The number of carbonyl (C=O) groups is 1. The Morgan fingerprint density at radius 2 is 1.78 bits per heavy atom. The van der Waals surface area contributed by atoms with Gasteiger partial charge in [-0.2, -0.15) is 11.8 Å². The Kier molecular flexibility index (Phi) is 7.00. The number of thioether (sulfide) groups is 1. The molecule has 1 aliphatic heterocycles. The van der Waals surface area contributed by atoms with E-state index in [2.05, 4.69) is 5.32 Å². The van der Waals surface area contributed by atoms with E-state index in [9.17, 15) is 13.2 Å². The molecule has 2 aliphatic rings. The topological polar surface area (TPSA) is 75.7 Å². The number of rotatable bonds is 7. The van der Waals surface area contributed by atoms with Crippen LogP contribution in [0.4, 0.5) is 5.69 Å². The van der Waals surface area contributed by atoms with E-state index in [1.807, 2.05) is 31.7 Å². The molecule has 1 fully saturated rings. The minimum atomic E-state index is -3.84. The summed E-state index contributed by atoms with van der Waals surface area (Å²) < 4.78 is 34.2. The van der Waals surface area contributed by atoms with Crippen LogP contribution in [0.15, 0.2) is 47.4 Å². The molecule has 2 aromatic rings. The molecule has 6 nitrogen and oxygen atoms in total. The predicted octanol–water partition coefficient (Wildman–Crippen LogP) is 4.05. The van der Waals surface area contributed by atoms with Crippen LogP contribution in [0.2, 0.25) is 0 Å². The zero-order valence-electron chi connectivity index (χ0n) is 18.5. The standard InChI is InChI=1S/C24H30N2O4S2/c1-17-7-10-20(11-8-17)32(28,29)26-16-23(30-22-12-9-18(2)15-21(22)26)24(27)25-13-14-31-19-5-3-4-6-19/h7-12,15,19,23H,3-6,13-14,16H2,1-2H3,(H,25,27)/t23-/m0/s1. The zero-order chi connectivity index (χ0) is 22.7. The van der Waals surface area contributed by atoms with Crippen LogP contribution in [0.25, 0.3) is 0 Å². The first-order valence-corrected chi connectivity index (χ1v) is 13.6. The van der Waals surface area contributed by atoms with Crippen molar-refractivity contribution in [2.75, 3.05) is 23.1 Å². The van der Waals surface area contributed by atoms with Crippen molar-refractivity contribution in [3.63, 3.8) is 0 Å². The minimum absolute atomic E-state index is 0.0612. The molecule has 1 heterocycles. The summed E-state index contributed by atoms with van der Waals surface area (Å²) in [6, 6.07) is 12.1. The van der Waals surface area contributed by atoms with Crippen LogP contribution in [0.1, 0.15) is 36.8 Å². The van der Waals surface area contributed by atoms with E-state index in [0.717, 1.165) is 16.9 Å². The highest BCUT2D eigenvalue weighted by molar-refractivity contribution is 7.99. The molecular weight excluding hydrogens is 444 g/mol. The molecular formula is C24H30N2O4S2. The predicted molar refractivity (Wildman–Crippen MR) is 129 cm³/mol. The second-order valence-electron chi connectivity index (χ2n) is 8.50. The number of nitrogens with one attached hydrogen (secondary N) is 1. The first kappa shape index (κ1) is 23.0. The molecule has 1 N–H and O–H groups in total. The number of benzene rings is 2. The lowest BCUT2D eigenvalue weighted by molar-refractivity contribution is -0.127. The van der Waals surface area contributed by atoms with Crippen LogP contribution >= 0.6 is 11.8 Å². The summed E-state index contributed by atoms with van der Waals surface area (Å²) >= 11 is 1.90. The van der Waals surface area contributed by atoms with Gasteiger partial charge in [0.05, 0.1) is 17.1 Å². The Balaban J connectivity index is 1.50. The highest BCUT2D eigenvalue weighted by atomic mass is 32.2. The fourth-order valence-corrected chi connectivity index (χ4v) is 6.82. The summed E-state index contributed by atoms with van der Waals surface area (Å²) in [4.78, 5) is 13.1. The van der Waals surface area contributed by atoms with Gasteiger partial charge < -0.3 is 10.1 Å². The van der Waals surface area contributed by atoms with Crippen molar-refractivity contribution in [1.29, 1.82) is 0 Å². The minimum Gasteiger partial charge on any atom is -0.476 e. The number of sulfonamides is 1. The molecule has 0 spiro atoms. The molecule has 1 saturated carbocycles. The maximum Gasteiger partial charge on any atom is 0.264 e. The summed E-state index contributed by atoms with van der Waals surface area (Å²) in [7, 11) is -3.84. The van der Waals surface area contributed by atoms with E-state index in [-0.39, 0.29) is 17.3 Å². The molecule has 8 heteroatoms. The maximum absolute atomic E-state index is 13.5. The van der Waals surface area contributed by atoms with Gasteiger partial charge in [0.25, 0.3) is 15.9 Å². The Labute approximate surface area is 194 Å². The van der Waals surface area contributed by atoms with Crippen LogP contribution in [0.5, 0.6) is 5.75 Å². The van der Waals surface area contributed by atoms with E-state index < -0.39 is 16.1 Å². The van der Waals surface area contributed by atoms with Gasteiger partial charge in [0.1, 0.15) is 5.75 Å². The largest absolute Gasteiger partial charge is 0.476 e. The van der Waals surface area contributed by atoms with Crippen molar-refractivity contribution in [1.82, 2.24) is 5.32 Å². The molecule has 0 radical (unpaired) electrons. The van der Waals surface area contributed by atoms with E-state index in [1.54, 1.807) is 36.4 Å². The molecule has 0 aromatic heterocycles. The van der Waals surface area contributed by atoms with Gasteiger partial charge in [0, 0.05) is 17.5 Å². The van der Waals surface area contributed by atoms with E-state index in [0.29, 0.717) is 23.2 Å². The normalized spacial score (nSPS) is 18.8. The molecule has 172 valence electrons. The number of nitrogens with zero attached hydrogens (tertiary/aromatic N) is 1.